The molecule has 0 unspecified atom stereocenters. The number of rotatable bonds is 8. The summed E-state index contributed by atoms with van der Waals surface area (Å²) < 4.78 is 27.2. The molecule has 0 spiro atoms. The van der Waals surface area contributed by atoms with Crippen molar-refractivity contribution in [3.05, 3.63) is 29.8 Å². The molecule has 0 saturated carbocycles. The van der Waals surface area contributed by atoms with Gasteiger partial charge in [0.2, 0.25) is 15.9 Å². The second-order valence-corrected chi connectivity index (χ2v) is 9.59. The number of benzene rings is 1. The Morgan fingerprint density at radius 3 is 2.50 bits per heavy atom. The number of aryl methyl sites for hydroxylation is 1. The van der Waals surface area contributed by atoms with Gasteiger partial charge in [0.15, 0.2) is 0 Å². The summed E-state index contributed by atoms with van der Waals surface area (Å²) in [7, 11) is -3.41. The Hall–Kier alpha value is -1.40. The van der Waals surface area contributed by atoms with E-state index >= 15 is 0 Å². The summed E-state index contributed by atoms with van der Waals surface area (Å²) >= 11 is 0. The van der Waals surface area contributed by atoms with Crippen LogP contribution >= 0.6 is 0 Å². The van der Waals surface area contributed by atoms with Crippen molar-refractivity contribution in [3.8, 4) is 0 Å². The van der Waals surface area contributed by atoms with E-state index in [0.29, 0.717) is 36.2 Å². The van der Waals surface area contributed by atoms with Gasteiger partial charge in [0.25, 0.3) is 0 Å². The number of nitrogens with one attached hydrogen (secondary N) is 1. The van der Waals surface area contributed by atoms with Crippen LogP contribution < -0.4 is 5.32 Å². The SMILES string of the molecule is Cc1ccccc1S(=O)(=O)N1CCC(CCC(=O)NCCC(C)C)CC1. The van der Waals surface area contributed by atoms with Crippen molar-refractivity contribution in [3.63, 3.8) is 0 Å². The first kappa shape index (κ1) is 20.9. The predicted octanol–water partition coefficient (Wildman–Crippen LogP) is 3.34. The van der Waals surface area contributed by atoms with Crippen molar-refractivity contribution in [2.75, 3.05) is 19.6 Å². The van der Waals surface area contributed by atoms with Crippen LogP contribution in [-0.4, -0.2) is 38.3 Å². The molecule has 6 heteroatoms. The lowest BCUT2D eigenvalue weighted by atomic mass is 9.93. The molecule has 0 radical (unpaired) electrons. The highest BCUT2D eigenvalue weighted by molar-refractivity contribution is 7.89. The number of piperidine rings is 1. The van der Waals surface area contributed by atoms with Gasteiger partial charge in [-0.05, 0) is 56.1 Å². The van der Waals surface area contributed by atoms with Crippen molar-refractivity contribution in [2.24, 2.45) is 11.8 Å². The van der Waals surface area contributed by atoms with Crippen molar-refractivity contribution < 1.29 is 13.2 Å². The monoisotopic (exact) mass is 380 g/mol. The second kappa shape index (κ2) is 9.51. The van der Waals surface area contributed by atoms with Crippen LogP contribution in [0.1, 0.15) is 51.5 Å². The summed E-state index contributed by atoms with van der Waals surface area (Å²) in [4.78, 5) is 12.3. The Balaban J connectivity index is 1.78. The third-order valence-electron chi connectivity index (χ3n) is 5.11. The normalized spacial score (nSPS) is 16.8. The fraction of sp³-hybridized carbons (Fsp3) is 0.650. The number of hydrogen-bond donors (Lipinski definition) is 1. The van der Waals surface area contributed by atoms with Crippen molar-refractivity contribution in [1.82, 2.24) is 9.62 Å². The lowest BCUT2D eigenvalue weighted by molar-refractivity contribution is -0.121. The van der Waals surface area contributed by atoms with Gasteiger partial charge in [-0.1, -0.05) is 32.0 Å². The van der Waals surface area contributed by atoms with Gasteiger partial charge in [0, 0.05) is 26.1 Å². The Bertz CT molecular complexity index is 693. The van der Waals surface area contributed by atoms with Crippen LogP contribution in [0.25, 0.3) is 0 Å². The minimum atomic E-state index is -3.41. The number of amides is 1. The first-order valence-corrected chi connectivity index (χ1v) is 11.1. The largest absolute Gasteiger partial charge is 0.356 e. The van der Waals surface area contributed by atoms with Crippen LogP contribution in [-0.2, 0) is 14.8 Å². The molecule has 26 heavy (non-hydrogen) atoms. The van der Waals surface area contributed by atoms with Crippen LogP contribution in [0.2, 0.25) is 0 Å². The fourth-order valence-corrected chi connectivity index (χ4v) is 5.04. The Kier molecular flexibility index (Phi) is 7.65. The molecule has 1 amide bonds. The molecule has 0 bridgehead atoms. The zero-order chi connectivity index (χ0) is 19.2. The molecule has 1 saturated heterocycles. The van der Waals surface area contributed by atoms with Crippen molar-refractivity contribution in [1.29, 1.82) is 0 Å². The molecule has 1 aromatic rings. The molecule has 1 aliphatic rings. The third kappa shape index (κ3) is 5.81. The molecule has 146 valence electrons. The Morgan fingerprint density at radius 2 is 1.88 bits per heavy atom. The van der Waals surface area contributed by atoms with E-state index in [0.717, 1.165) is 37.8 Å². The van der Waals surface area contributed by atoms with Crippen LogP contribution in [0.4, 0.5) is 0 Å². The standard InChI is InChI=1S/C20H32N2O3S/c1-16(2)10-13-21-20(23)9-8-18-11-14-22(15-12-18)26(24,25)19-7-5-4-6-17(19)3/h4-7,16,18H,8-15H2,1-3H3,(H,21,23). The van der Waals surface area contributed by atoms with Gasteiger partial charge in [-0.3, -0.25) is 4.79 Å². The van der Waals surface area contributed by atoms with E-state index in [1.54, 1.807) is 16.4 Å². The van der Waals surface area contributed by atoms with Gasteiger partial charge in [-0.25, -0.2) is 8.42 Å². The fourth-order valence-electron chi connectivity index (χ4n) is 3.35. The molecule has 1 aliphatic heterocycles. The summed E-state index contributed by atoms with van der Waals surface area (Å²) in [5.41, 5.74) is 0.785. The summed E-state index contributed by atoms with van der Waals surface area (Å²) in [6.45, 7) is 7.93. The number of hydrogen-bond acceptors (Lipinski definition) is 3. The topological polar surface area (TPSA) is 66.5 Å². The van der Waals surface area contributed by atoms with E-state index < -0.39 is 10.0 Å². The van der Waals surface area contributed by atoms with Gasteiger partial charge in [0.05, 0.1) is 4.90 Å². The minimum absolute atomic E-state index is 0.112. The highest BCUT2D eigenvalue weighted by atomic mass is 32.2. The minimum Gasteiger partial charge on any atom is -0.356 e. The zero-order valence-electron chi connectivity index (χ0n) is 16.2. The smallest absolute Gasteiger partial charge is 0.243 e. The maximum atomic E-state index is 12.8. The summed E-state index contributed by atoms with van der Waals surface area (Å²) in [6, 6.07) is 7.13. The van der Waals surface area contributed by atoms with Crippen molar-refractivity contribution in [2.45, 2.75) is 57.8 Å². The van der Waals surface area contributed by atoms with Crippen molar-refractivity contribution >= 4 is 15.9 Å². The average Bonchev–Trinajstić information content (AvgIpc) is 2.60. The van der Waals surface area contributed by atoms with E-state index in [2.05, 4.69) is 19.2 Å². The maximum absolute atomic E-state index is 12.8. The lowest BCUT2D eigenvalue weighted by Crippen LogP contribution is -2.39. The first-order valence-electron chi connectivity index (χ1n) is 9.63. The van der Waals surface area contributed by atoms with E-state index in [9.17, 15) is 13.2 Å². The Morgan fingerprint density at radius 1 is 1.23 bits per heavy atom. The number of nitrogens with zero attached hydrogens (tertiary/aromatic N) is 1. The number of carbonyl (C=O) groups is 1. The van der Waals surface area contributed by atoms with Gasteiger partial charge in [-0.2, -0.15) is 4.31 Å². The van der Waals surface area contributed by atoms with Gasteiger partial charge in [0.1, 0.15) is 0 Å². The molecular weight excluding hydrogens is 348 g/mol. The van der Waals surface area contributed by atoms with E-state index in [-0.39, 0.29) is 5.91 Å². The van der Waals surface area contributed by atoms with Gasteiger partial charge in [-0.15, -0.1) is 0 Å². The predicted molar refractivity (Wildman–Crippen MR) is 104 cm³/mol. The van der Waals surface area contributed by atoms with Gasteiger partial charge < -0.3 is 5.32 Å². The van der Waals surface area contributed by atoms with Crippen LogP contribution in [0.3, 0.4) is 0 Å². The van der Waals surface area contributed by atoms with Crippen LogP contribution in [0, 0.1) is 18.8 Å². The quantitative estimate of drug-likeness (QED) is 0.752. The molecule has 1 heterocycles. The van der Waals surface area contributed by atoms with Crippen LogP contribution in [0.5, 0.6) is 0 Å². The molecular formula is C20H32N2O3S. The molecule has 5 nitrogen and oxygen atoms in total. The average molecular weight is 381 g/mol. The summed E-state index contributed by atoms with van der Waals surface area (Å²) in [5, 5.41) is 2.97. The summed E-state index contributed by atoms with van der Waals surface area (Å²) in [5.74, 6) is 1.13. The molecule has 1 aromatic carbocycles. The highest BCUT2D eigenvalue weighted by Gasteiger charge is 2.30. The third-order valence-corrected chi connectivity index (χ3v) is 7.17. The first-order chi connectivity index (χ1) is 12.3. The molecule has 2 rings (SSSR count). The lowest BCUT2D eigenvalue weighted by Gasteiger charge is -2.31. The van der Waals surface area contributed by atoms with E-state index in [1.165, 1.54) is 0 Å². The number of sulfonamides is 1. The molecule has 1 N–H and O–H groups in total. The second-order valence-electron chi connectivity index (χ2n) is 7.68. The molecule has 1 fully saturated rings. The van der Waals surface area contributed by atoms with E-state index in [1.807, 2.05) is 19.1 Å². The zero-order valence-corrected chi connectivity index (χ0v) is 17.0. The maximum Gasteiger partial charge on any atom is 0.243 e. The molecule has 0 aromatic heterocycles. The van der Waals surface area contributed by atoms with Gasteiger partial charge >= 0.3 is 0 Å². The number of carbonyl (C=O) groups excluding carboxylic acids is 1. The van der Waals surface area contributed by atoms with E-state index in [4.69, 9.17) is 0 Å². The highest BCUT2D eigenvalue weighted by Crippen LogP contribution is 2.27. The molecule has 0 atom stereocenters. The molecule has 0 aliphatic carbocycles. The summed E-state index contributed by atoms with van der Waals surface area (Å²) in [6.07, 6.45) is 4.02. The van der Waals surface area contributed by atoms with Crippen LogP contribution in [0.15, 0.2) is 29.2 Å². The Labute approximate surface area is 158 Å².